The number of carbonyl (C=O) groups is 2. The molecule has 0 aromatic heterocycles. The van der Waals surface area contributed by atoms with Crippen LogP contribution in [0.25, 0.3) is 0 Å². The summed E-state index contributed by atoms with van der Waals surface area (Å²) in [5, 5.41) is 0. The van der Waals surface area contributed by atoms with Crippen molar-refractivity contribution in [3.05, 3.63) is 42.5 Å². The molecule has 0 aliphatic heterocycles. The fourth-order valence-electron chi connectivity index (χ4n) is 1.20. The van der Waals surface area contributed by atoms with Gasteiger partial charge in [0.2, 0.25) is 0 Å². The minimum absolute atomic E-state index is 0.169. The van der Waals surface area contributed by atoms with Gasteiger partial charge in [0, 0.05) is 12.5 Å². The Kier molecular flexibility index (Phi) is 4.45. The van der Waals surface area contributed by atoms with Crippen LogP contribution in [0.5, 0.6) is 5.75 Å². The Labute approximate surface area is 94.7 Å². The van der Waals surface area contributed by atoms with Gasteiger partial charge in [-0.25, -0.2) is 4.79 Å². The minimum Gasteiger partial charge on any atom is -0.423 e. The molecule has 0 fully saturated rings. The van der Waals surface area contributed by atoms with Crippen molar-refractivity contribution in [2.75, 3.05) is 0 Å². The zero-order valence-electron chi connectivity index (χ0n) is 9.23. The van der Waals surface area contributed by atoms with E-state index in [2.05, 4.69) is 6.58 Å². The third-order valence-corrected chi connectivity index (χ3v) is 2.07. The van der Waals surface area contributed by atoms with E-state index >= 15 is 0 Å². The number of rotatable bonds is 5. The van der Waals surface area contributed by atoms with Gasteiger partial charge in [-0.05, 0) is 31.0 Å². The number of ether oxygens (including phenoxy) is 1. The second-order valence-electron chi connectivity index (χ2n) is 3.47. The summed E-state index contributed by atoms with van der Waals surface area (Å²) in [6.45, 7) is 4.88. The van der Waals surface area contributed by atoms with Crippen molar-refractivity contribution < 1.29 is 14.3 Å². The smallest absolute Gasteiger partial charge is 0.335 e. The molecule has 0 atom stereocenters. The SMILES string of the molecule is C=CC(=O)Oc1ccc(CCC(C)=O)cc1. The van der Waals surface area contributed by atoms with Gasteiger partial charge in [-0.3, -0.25) is 0 Å². The summed E-state index contributed by atoms with van der Waals surface area (Å²) >= 11 is 0. The molecule has 1 rings (SSSR count). The second kappa shape index (κ2) is 5.85. The van der Waals surface area contributed by atoms with Crippen molar-refractivity contribution in [3.8, 4) is 5.75 Å². The Morgan fingerprint density at radius 1 is 1.31 bits per heavy atom. The van der Waals surface area contributed by atoms with Crippen LogP contribution in [0.15, 0.2) is 36.9 Å². The number of hydrogen-bond donors (Lipinski definition) is 0. The van der Waals surface area contributed by atoms with E-state index in [0.717, 1.165) is 11.6 Å². The zero-order valence-corrected chi connectivity index (χ0v) is 9.23. The fourth-order valence-corrected chi connectivity index (χ4v) is 1.20. The Hall–Kier alpha value is -1.90. The van der Waals surface area contributed by atoms with E-state index < -0.39 is 5.97 Å². The molecule has 0 aliphatic rings. The van der Waals surface area contributed by atoms with Crippen molar-refractivity contribution in [1.82, 2.24) is 0 Å². The van der Waals surface area contributed by atoms with Gasteiger partial charge < -0.3 is 9.53 Å². The van der Waals surface area contributed by atoms with Gasteiger partial charge in [0.15, 0.2) is 0 Å². The van der Waals surface area contributed by atoms with Crippen LogP contribution in [0, 0.1) is 0 Å². The molecule has 0 spiro atoms. The first-order valence-corrected chi connectivity index (χ1v) is 5.04. The third-order valence-electron chi connectivity index (χ3n) is 2.07. The average molecular weight is 218 g/mol. The number of esters is 1. The molecule has 84 valence electrons. The first-order valence-electron chi connectivity index (χ1n) is 5.04. The van der Waals surface area contributed by atoms with Gasteiger partial charge in [-0.15, -0.1) is 0 Å². The summed E-state index contributed by atoms with van der Waals surface area (Å²) < 4.78 is 4.92. The van der Waals surface area contributed by atoms with Gasteiger partial charge in [-0.1, -0.05) is 18.7 Å². The number of Topliss-reactive ketones (excluding diaryl/α,β-unsaturated/α-hetero) is 1. The van der Waals surface area contributed by atoms with Crippen LogP contribution < -0.4 is 4.74 Å². The first-order chi connectivity index (χ1) is 7.61. The Balaban J connectivity index is 2.57. The Morgan fingerprint density at radius 3 is 2.44 bits per heavy atom. The predicted molar refractivity (Wildman–Crippen MR) is 61.3 cm³/mol. The summed E-state index contributed by atoms with van der Waals surface area (Å²) in [6, 6.07) is 7.09. The highest BCUT2D eigenvalue weighted by Gasteiger charge is 2.00. The highest BCUT2D eigenvalue weighted by Crippen LogP contribution is 2.13. The molecule has 3 nitrogen and oxygen atoms in total. The lowest BCUT2D eigenvalue weighted by Crippen LogP contribution is -2.03. The maximum atomic E-state index is 10.9. The molecule has 16 heavy (non-hydrogen) atoms. The third kappa shape index (κ3) is 4.09. The van der Waals surface area contributed by atoms with E-state index in [1.165, 1.54) is 0 Å². The van der Waals surface area contributed by atoms with Crippen LogP contribution in [-0.2, 0) is 16.0 Å². The molecular formula is C13H14O3. The van der Waals surface area contributed by atoms with Gasteiger partial charge in [0.1, 0.15) is 11.5 Å². The molecule has 0 amide bonds. The number of benzene rings is 1. The summed E-state index contributed by atoms with van der Waals surface area (Å²) in [5.41, 5.74) is 1.05. The van der Waals surface area contributed by atoms with Gasteiger partial charge in [-0.2, -0.15) is 0 Å². The Morgan fingerprint density at radius 2 is 1.94 bits per heavy atom. The van der Waals surface area contributed by atoms with Crippen LogP contribution in [0.3, 0.4) is 0 Å². The van der Waals surface area contributed by atoms with E-state index in [9.17, 15) is 9.59 Å². The maximum Gasteiger partial charge on any atom is 0.335 e. The van der Waals surface area contributed by atoms with Crippen LogP contribution in [-0.4, -0.2) is 11.8 Å². The molecular weight excluding hydrogens is 204 g/mol. The largest absolute Gasteiger partial charge is 0.423 e. The average Bonchev–Trinajstić information content (AvgIpc) is 2.28. The fraction of sp³-hybridized carbons (Fsp3) is 0.231. The van der Waals surface area contributed by atoms with Crippen LogP contribution in [0.1, 0.15) is 18.9 Å². The minimum atomic E-state index is -0.475. The molecule has 0 bridgehead atoms. The number of carbonyl (C=O) groups excluding carboxylic acids is 2. The van der Waals surface area contributed by atoms with Crippen molar-refractivity contribution >= 4 is 11.8 Å². The van der Waals surface area contributed by atoms with Crippen LogP contribution in [0.4, 0.5) is 0 Å². The lowest BCUT2D eigenvalue weighted by molar-refractivity contribution is -0.129. The number of hydrogen-bond acceptors (Lipinski definition) is 3. The molecule has 1 aromatic rings. The summed E-state index contributed by atoms with van der Waals surface area (Å²) in [7, 11) is 0. The van der Waals surface area contributed by atoms with Crippen molar-refractivity contribution in [3.63, 3.8) is 0 Å². The molecule has 0 unspecified atom stereocenters. The quantitative estimate of drug-likeness (QED) is 0.432. The van der Waals surface area contributed by atoms with E-state index in [1.807, 2.05) is 12.1 Å². The molecule has 0 aliphatic carbocycles. The number of aryl methyl sites for hydroxylation is 1. The van der Waals surface area contributed by atoms with E-state index in [1.54, 1.807) is 19.1 Å². The lowest BCUT2D eigenvalue weighted by atomic mass is 10.1. The molecule has 0 radical (unpaired) electrons. The second-order valence-corrected chi connectivity index (χ2v) is 3.47. The highest BCUT2D eigenvalue weighted by atomic mass is 16.5. The molecule has 0 heterocycles. The maximum absolute atomic E-state index is 10.9. The molecule has 0 saturated carbocycles. The molecule has 1 aromatic carbocycles. The predicted octanol–water partition coefficient (Wildman–Crippen LogP) is 2.30. The monoisotopic (exact) mass is 218 g/mol. The van der Waals surface area contributed by atoms with E-state index in [-0.39, 0.29) is 5.78 Å². The van der Waals surface area contributed by atoms with Gasteiger partial charge in [0.05, 0.1) is 0 Å². The van der Waals surface area contributed by atoms with Crippen molar-refractivity contribution in [1.29, 1.82) is 0 Å². The van der Waals surface area contributed by atoms with Crippen molar-refractivity contribution in [2.45, 2.75) is 19.8 Å². The van der Waals surface area contributed by atoms with Crippen molar-refractivity contribution in [2.24, 2.45) is 0 Å². The van der Waals surface area contributed by atoms with Crippen LogP contribution >= 0.6 is 0 Å². The van der Waals surface area contributed by atoms with Gasteiger partial charge in [0.25, 0.3) is 0 Å². The summed E-state index contributed by atoms with van der Waals surface area (Å²) in [6.07, 6.45) is 2.36. The number of ketones is 1. The van der Waals surface area contributed by atoms with E-state index in [4.69, 9.17) is 4.74 Å². The van der Waals surface area contributed by atoms with Gasteiger partial charge >= 0.3 is 5.97 Å². The summed E-state index contributed by atoms with van der Waals surface area (Å²) in [4.78, 5) is 21.7. The highest BCUT2D eigenvalue weighted by molar-refractivity contribution is 5.83. The lowest BCUT2D eigenvalue weighted by Gasteiger charge is -2.03. The molecule has 3 heteroatoms. The molecule has 0 saturated heterocycles. The molecule has 0 N–H and O–H groups in total. The Bertz CT molecular complexity index is 390. The first kappa shape index (κ1) is 12.2. The summed E-state index contributed by atoms with van der Waals surface area (Å²) in [5.74, 6) is 0.176. The normalized spacial score (nSPS) is 9.56. The topological polar surface area (TPSA) is 43.4 Å². The van der Waals surface area contributed by atoms with Crippen LogP contribution in [0.2, 0.25) is 0 Å². The standard InChI is InChI=1S/C13H14O3/c1-3-13(15)16-12-8-6-11(7-9-12)5-4-10(2)14/h3,6-9H,1,4-5H2,2H3. The van der Waals surface area contributed by atoms with E-state index in [0.29, 0.717) is 18.6 Å². The zero-order chi connectivity index (χ0) is 12.0.